The van der Waals surface area contributed by atoms with Crippen LogP contribution in [0, 0.1) is 18.3 Å². The smallest absolute Gasteiger partial charge is 0.137 e. The van der Waals surface area contributed by atoms with Gasteiger partial charge in [-0.2, -0.15) is 5.26 Å². The van der Waals surface area contributed by atoms with Crippen LogP contribution in [0.1, 0.15) is 36.6 Å². The minimum atomic E-state index is 0.482. The van der Waals surface area contributed by atoms with Crippen LogP contribution in [0.4, 0.5) is 5.82 Å². The fourth-order valence-corrected chi connectivity index (χ4v) is 1.88. The van der Waals surface area contributed by atoms with Gasteiger partial charge in [-0.05, 0) is 19.8 Å². The Bertz CT molecular complexity index is 462. The maximum absolute atomic E-state index is 8.60. The quantitative estimate of drug-likeness (QED) is 0.771. The lowest BCUT2D eigenvalue weighted by atomic mass is 10.3. The van der Waals surface area contributed by atoms with Crippen LogP contribution < -0.4 is 4.90 Å². The van der Waals surface area contributed by atoms with Gasteiger partial charge in [-0.3, -0.25) is 0 Å². The Labute approximate surface area is 106 Å². The minimum Gasteiger partial charge on any atom is -0.358 e. The summed E-state index contributed by atoms with van der Waals surface area (Å²) in [6.07, 6.45) is 2.79. The topological polar surface area (TPSA) is 52.8 Å². The Kier molecular flexibility index (Phi) is 3.49. The van der Waals surface area contributed by atoms with Crippen LogP contribution in [0.3, 0.4) is 0 Å². The van der Waals surface area contributed by atoms with Gasteiger partial charge in [0.1, 0.15) is 16.8 Å². The molecule has 90 valence electrons. The van der Waals surface area contributed by atoms with Crippen molar-refractivity contribution in [3.63, 3.8) is 0 Å². The Morgan fingerprint density at radius 3 is 2.76 bits per heavy atom. The van der Waals surface area contributed by atoms with Crippen LogP contribution in [0.25, 0.3) is 0 Å². The highest BCUT2D eigenvalue weighted by molar-refractivity contribution is 6.30. The molecular formula is C12H15ClN4. The van der Waals surface area contributed by atoms with Crippen LogP contribution in [-0.4, -0.2) is 23.6 Å². The molecule has 1 heterocycles. The number of hydrogen-bond acceptors (Lipinski definition) is 4. The third-order valence-corrected chi connectivity index (χ3v) is 3.31. The van der Waals surface area contributed by atoms with Crippen molar-refractivity contribution in [1.29, 1.82) is 5.26 Å². The van der Waals surface area contributed by atoms with Crippen molar-refractivity contribution in [1.82, 2.24) is 9.97 Å². The summed E-state index contributed by atoms with van der Waals surface area (Å²) in [6, 6.07) is 2.13. The fourth-order valence-electron chi connectivity index (χ4n) is 1.71. The van der Waals surface area contributed by atoms with Gasteiger partial charge in [0.15, 0.2) is 0 Å². The van der Waals surface area contributed by atoms with E-state index in [2.05, 4.69) is 16.0 Å². The number of hydrogen-bond donors (Lipinski definition) is 0. The van der Waals surface area contributed by atoms with E-state index in [1.165, 1.54) is 0 Å². The van der Waals surface area contributed by atoms with Crippen molar-refractivity contribution in [2.24, 2.45) is 0 Å². The van der Waals surface area contributed by atoms with Gasteiger partial charge in [0, 0.05) is 25.1 Å². The Balaban J connectivity index is 2.28. The summed E-state index contributed by atoms with van der Waals surface area (Å²) < 4.78 is 0. The molecule has 1 aromatic heterocycles. The molecule has 0 radical (unpaired) electrons. The molecule has 5 heteroatoms. The Morgan fingerprint density at radius 1 is 1.47 bits per heavy atom. The van der Waals surface area contributed by atoms with E-state index in [1.807, 2.05) is 18.9 Å². The Morgan fingerprint density at radius 2 is 2.18 bits per heavy atom. The molecule has 0 aromatic carbocycles. The van der Waals surface area contributed by atoms with E-state index in [-0.39, 0.29) is 0 Å². The minimum absolute atomic E-state index is 0.482. The zero-order valence-electron chi connectivity index (χ0n) is 10.1. The molecule has 0 N–H and O–H groups in total. The van der Waals surface area contributed by atoms with Gasteiger partial charge in [-0.25, -0.2) is 9.97 Å². The number of nitriles is 1. The maximum atomic E-state index is 8.60. The van der Waals surface area contributed by atoms with E-state index in [0.29, 0.717) is 24.0 Å². The maximum Gasteiger partial charge on any atom is 0.137 e. The molecule has 1 fully saturated rings. The van der Waals surface area contributed by atoms with E-state index >= 15 is 0 Å². The molecule has 0 bridgehead atoms. The lowest BCUT2D eigenvalue weighted by molar-refractivity contribution is 0.840. The second kappa shape index (κ2) is 4.89. The highest BCUT2D eigenvalue weighted by Gasteiger charge is 2.28. The van der Waals surface area contributed by atoms with Crippen molar-refractivity contribution >= 4 is 17.4 Å². The summed E-state index contributed by atoms with van der Waals surface area (Å²) >= 11 is 6.13. The first-order chi connectivity index (χ1) is 8.13. The van der Waals surface area contributed by atoms with Gasteiger partial charge in [-0.15, -0.1) is 0 Å². The van der Waals surface area contributed by atoms with E-state index in [1.54, 1.807) is 0 Å². The molecule has 1 aliphatic rings. The number of anilines is 1. The van der Waals surface area contributed by atoms with Crippen molar-refractivity contribution in [2.75, 3.05) is 18.5 Å². The zero-order chi connectivity index (χ0) is 12.4. The number of nitrogens with zero attached hydrogens (tertiary/aromatic N) is 4. The Hall–Kier alpha value is -1.34. The van der Waals surface area contributed by atoms with Gasteiger partial charge >= 0.3 is 0 Å². The molecule has 2 rings (SSSR count). The van der Waals surface area contributed by atoms with Crippen LogP contribution in [0.5, 0.6) is 0 Å². The predicted octanol–water partition coefficient (Wildman–Crippen LogP) is 2.67. The highest BCUT2D eigenvalue weighted by atomic mass is 35.5. The van der Waals surface area contributed by atoms with Crippen molar-refractivity contribution in [3.05, 3.63) is 16.5 Å². The van der Waals surface area contributed by atoms with Gasteiger partial charge in [0.2, 0.25) is 0 Å². The number of halogens is 1. The van der Waals surface area contributed by atoms with Crippen molar-refractivity contribution in [2.45, 2.75) is 32.1 Å². The first-order valence-electron chi connectivity index (χ1n) is 5.75. The number of rotatable bonds is 4. The van der Waals surface area contributed by atoms with E-state index in [4.69, 9.17) is 16.9 Å². The molecule has 0 aliphatic heterocycles. The van der Waals surface area contributed by atoms with E-state index in [0.717, 1.165) is 30.0 Å². The first kappa shape index (κ1) is 12.1. The number of aromatic nitrogens is 2. The molecule has 1 aliphatic carbocycles. The monoisotopic (exact) mass is 250 g/mol. The lowest BCUT2D eigenvalue weighted by Gasteiger charge is -2.19. The molecule has 1 saturated carbocycles. The van der Waals surface area contributed by atoms with E-state index in [9.17, 15) is 0 Å². The third-order valence-electron chi connectivity index (χ3n) is 2.94. The summed E-state index contributed by atoms with van der Waals surface area (Å²) in [4.78, 5) is 10.9. The molecule has 17 heavy (non-hydrogen) atoms. The second-order valence-corrected chi connectivity index (χ2v) is 4.78. The molecule has 0 spiro atoms. The molecule has 0 amide bonds. The van der Waals surface area contributed by atoms with Gasteiger partial charge in [0.25, 0.3) is 0 Å². The molecular weight excluding hydrogens is 236 g/mol. The first-order valence-corrected chi connectivity index (χ1v) is 6.13. The molecule has 4 nitrogen and oxygen atoms in total. The van der Waals surface area contributed by atoms with Gasteiger partial charge in [-0.1, -0.05) is 11.6 Å². The summed E-state index contributed by atoms with van der Waals surface area (Å²) in [5.41, 5.74) is 0.886. The van der Waals surface area contributed by atoms with Crippen LogP contribution in [0.15, 0.2) is 0 Å². The van der Waals surface area contributed by atoms with Crippen LogP contribution in [-0.2, 0) is 0 Å². The third kappa shape index (κ3) is 2.67. The summed E-state index contributed by atoms with van der Waals surface area (Å²) in [7, 11) is 1.93. The molecule has 0 unspecified atom stereocenters. The highest BCUT2D eigenvalue weighted by Crippen LogP contribution is 2.39. The standard InChI is InChI=1S/C12H15ClN4/c1-8-10(13)15-11(9-4-5-9)16-12(8)17(2)7-3-6-14/h9H,3-5,7H2,1-2H3. The fraction of sp³-hybridized carbons (Fsp3) is 0.583. The normalized spacial score (nSPS) is 14.5. The lowest BCUT2D eigenvalue weighted by Crippen LogP contribution is -2.21. The second-order valence-electron chi connectivity index (χ2n) is 4.43. The summed E-state index contributed by atoms with van der Waals surface area (Å²) in [5, 5.41) is 9.13. The van der Waals surface area contributed by atoms with Crippen LogP contribution >= 0.6 is 11.6 Å². The van der Waals surface area contributed by atoms with Crippen molar-refractivity contribution in [3.8, 4) is 6.07 Å². The largest absolute Gasteiger partial charge is 0.358 e. The molecule has 0 atom stereocenters. The van der Waals surface area contributed by atoms with Gasteiger partial charge < -0.3 is 4.90 Å². The van der Waals surface area contributed by atoms with Gasteiger partial charge in [0.05, 0.1) is 12.5 Å². The zero-order valence-corrected chi connectivity index (χ0v) is 10.8. The predicted molar refractivity (Wildman–Crippen MR) is 67.3 cm³/mol. The summed E-state index contributed by atoms with van der Waals surface area (Å²) in [6.45, 7) is 2.58. The van der Waals surface area contributed by atoms with Crippen molar-refractivity contribution < 1.29 is 0 Å². The molecule has 1 aromatic rings. The average molecular weight is 251 g/mol. The SMILES string of the molecule is Cc1c(Cl)nc(C2CC2)nc1N(C)CCC#N. The van der Waals surface area contributed by atoms with Crippen LogP contribution in [0.2, 0.25) is 5.15 Å². The van der Waals surface area contributed by atoms with E-state index < -0.39 is 0 Å². The summed E-state index contributed by atoms with van der Waals surface area (Å²) in [5.74, 6) is 2.18. The molecule has 0 saturated heterocycles. The average Bonchev–Trinajstić information content (AvgIpc) is 3.13.